The van der Waals surface area contributed by atoms with Crippen molar-refractivity contribution in [3.63, 3.8) is 0 Å². The normalized spacial score (nSPS) is 28.0. The van der Waals surface area contributed by atoms with Gasteiger partial charge in [0.2, 0.25) is 0 Å². The lowest BCUT2D eigenvalue weighted by atomic mass is 10.0. The summed E-state index contributed by atoms with van der Waals surface area (Å²) in [6, 6.07) is 0. The number of ether oxygens (including phenoxy) is 1. The lowest BCUT2D eigenvalue weighted by Crippen LogP contribution is -2.47. The van der Waals surface area contributed by atoms with Gasteiger partial charge in [-0.3, -0.25) is 0 Å². The first-order valence-electron chi connectivity index (χ1n) is 4.68. The van der Waals surface area contributed by atoms with E-state index in [1.165, 1.54) is 0 Å². The molecule has 0 spiro atoms. The van der Waals surface area contributed by atoms with Gasteiger partial charge in [0.1, 0.15) is 0 Å². The summed E-state index contributed by atoms with van der Waals surface area (Å²) in [6.45, 7) is 5.80. The zero-order valence-corrected chi connectivity index (χ0v) is 8.39. The molecule has 1 atom stereocenters. The molecule has 1 aliphatic rings. The van der Waals surface area contributed by atoms with E-state index in [0.717, 1.165) is 19.4 Å². The lowest BCUT2D eigenvalue weighted by Gasteiger charge is -2.25. The second-order valence-corrected chi connectivity index (χ2v) is 2.90. The molecule has 0 radical (unpaired) electrons. The first-order valence-corrected chi connectivity index (χ1v) is 4.68. The zero-order chi connectivity index (χ0) is 9.45. The maximum absolute atomic E-state index is 9.01. The van der Waals surface area contributed by atoms with Gasteiger partial charge in [0, 0.05) is 7.11 Å². The highest BCUT2D eigenvalue weighted by molar-refractivity contribution is 4.92. The number of aliphatic hydroxyl groups is 1. The molecule has 74 valence electrons. The zero-order valence-electron chi connectivity index (χ0n) is 8.39. The number of nitrogens with one attached hydrogen (secondary N) is 1. The van der Waals surface area contributed by atoms with Crippen molar-refractivity contribution in [2.75, 3.05) is 26.9 Å². The van der Waals surface area contributed by atoms with Gasteiger partial charge < -0.3 is 15.2 Å². The summed E-state index contributed by atoms with van der Waals surface area (Å²) in [5.41, 5.74) is -0.130. The fourth-order valence-electron chi connectivity index (χ4n) is 1.45. The molecular weight excluding hydrogens is 154 g/mol. The molecule has 2 N–H and O–H groups in total. The van der Waals surface area contributed by atoms with E-state index in [9.17, 15) is 0 Å². The molecule has 1 aliphatic heterocycles. The molecule has 1 saturated heterocycles. The van der Waals surface area contributed by atoms with Crippen molar-refractivity contribution in [1.82, 2.24) is 5.32 Å². The second kappa shape index (κ2) is 6.40. The Labute approximate surface area is 75.1 Å². The summed E-state index contributed by atoms with van der Waals surface area (Å²) in [5, 5.41) is 12.3. The quantitative estimate of drug-likeness (QED) is 0.666. The molecule has 0 aromatic heterocycles. The van der Waals surface area contributed by atoms with E-state index in [-0.39, 0.29) is 12.1 Å². The summed E-state index contributed by atoms with van der Waals surface area (Å²) >= 11 is 0. The van der Waals surface area contributed by atoms with Crippen molar-refractivity contribution in [2.45, 2.75) is 32.2 Å². The molecule has 1 heterocycles. The fraction of sp³-hybridized carbons (Fsp3) is 1.00. The van der Waals surface area contributed by atoms with Gasteiger partial charge in [0.05, 0.1) is 18.8 Å². The highest BCUT2D eigenvalue weighted by atomic mass is 16.5. The number of aliphatic hydroxyl groups excluding tert-OH is 1. The minimum Gasteiger partial charge on any atom is -0.394 e. The standard InChI is InChI=1S/C7H15NO2.C2H6/c1-10-6-7(5-9)3-2-4-8-7;1-2/h8-9H,2-6H2,1H3;1-2H3. The van der Waals surface area contributed by atoms with Crippen LogP contribution in [0.5, 0.6) is 0 Å². The van der Waals surface area contributed by atoms with E-state index >= 15 is 0 Å². The molecule has 1 rings (SSSR count). The molecule has 3 heteroatoms. The summed E-state index contributed by atoms with van der Waals surface area (Å²) in [4.78, 5) is 0. The van der Waals surface area contributed by atoms with Gasteiger partial charge in [-0.15, -0.1) is 0 Å². The first-order chi connectivity index (χ1) is 5.83. The average molecular weight is 175 g/mol. The van der Waals surface area contributed by atoms with E-state index in [1.807, 2.05) is 13.8 Å². The first kappa shape index (κ1) is 11.9. The molecule has 0 saturated carbocycles. The summed E-state index contributed by atoms with van der Waals surface area (Å²) in [6.07, 6.45) is 2.17. The molecule has 1 fully saturated rings. The Kier molecular flexibility index (Phi) is 6.34. The molecule has 1 unspecified atom stereocenters. The summed E-state index contributed by atoms with van der Waals surface area (Å²) in [5.74, 6) is 0. The van der Waals surface area contributed by atoms with Crippen LogP contribution in [0.4, 0.5) is 0 Å². The van der Waals surface area contributed by atoms with Crippen LogP contribution in [0, 0.1) is 0 Å². The molecule has 0 amide bonds. The maximum Gasteiger partial charge on any atom is 0.0667 e. The van der Waals surface area contributed by atoms with Crippen LogP contribution in [0.3, 0.4) is 0 Å². The van der Waals surface area contributed by atoms with Crippen LogP contribution >= 0.6 is 0 Å². The van der Waals surface area contributed by atoms with Gasteiger partial charge in [0.15, 0.2) is 0 Å². The molecule has 0 aromatic carbocycles. The van der Waals surface area contributed by atoms with Gasteiger partial charge in [-0.2, -0.15) is 0 Å². The number of hydrogen-bond acceptors (Lipinski definition) is 3. The Hall–Kier alpha value is -0.120. The van der Waals surface area contributed by atoms with E-state index in [0.29, 0.717) is 6.61 Å². The molecular formula is C9H21NO2. The molecule has 12 heavy (non-hydrogen) atoms. The van der Waals surface area contributed by atoms with Crippen LogP contribution in [0.1, 0.15) is 26.7 Å². The van der Waals surface area contributed by atoms with Crippen molar-refractivity contribution in [3.8, 4) is 0 Å². The van der Waals surface area contributed by atoms with Crippen molar-refractivity contribution < 1.29 is 9.84 Å². The van der Waals surface area contributed by atoms with Crippen molar-refractivity contribution in [2.24, 2.45) is 0 Å². The van der Waals surface area contributed by atoms with Crippen LogP contribution < -0.4 is 5.32 Å². The van der Waals surface area contributed by atoms with Crippen LogP contribution in [0.2, 0.25) is 0 Å². The van der Waals surface area contributed by atoms with Crippen LogP contribution in [0.15, 0.2) is 0 Å². The largest absolute Gasteiger partial charge is 0.394 e. The van der Waals surface area contributed by atoms with Gasteiger partial charge in [-0.25, -0.2) is 0 Å². The Morgan fingerprint density at radius 1 is 1.50 bits per heavy atom. The smallest absolute Gasteiger partial charge is 0.0667 e. The number of methoxy groups -OCH3 is 1. The van der Waals surface area contributed by atoms with E-state index in [4.69, 9.17) is 9.84 Å². The van der Waals surface area contributed by atoms with E-state index < -0.39 is 0 Å². The predicted molar refractivity (Wildman–Crippen MR) is 50.3 cm³/mol. The van der Waals surface area contributed by atoms with Gasteiger partial charge in [-0.1, -0.05) is 13.8 Å². The third-order valence-corrected chi connectivity index (χ3v) is 2.06. The molecule has 0 bridgehead atoms. The van der Waals surface area contributed by atoms with Gasteiger partial charge in [0.25, 0.3) is 0 Å². The SMILES string of the molecule is CC.COCC1(CO)CCCN1. The van der Waals surface area contributed by atoms with Crippen LogP contribution in [-0.4, -0.2) is 37.5 Å². The number of rotatable bonds is 3. The monoisotopic (exact) mass is 175 g/mol. The van der Waals surface area contributed by atoms with Gasteiger partial charge >= 0.3 is 0 Å². The third-order valence-electron chi connectivity index (χ3n) is 2.06. The summed E-state index contributed by atoms with van der Waals surface area (Å²) < 4.78 is 5.00. The van der Waals surface area contributed by atoms with Crippen molar-refractivity contribution in [1.29, 1.82) is 0 Å². The van der Waals surface area contributed by atoms with Crippen molar-refractivity contribution in [3.05, 3.63) is 0 Å². The molecule has 0 aliphatic carbocycles. The third kappa shape index (κ3) is 3.09. The van der Waals surface area contributed by atoms with Gasteiger partial charge in [-0.05, 0) is 19.4 Å². The Bertz CT molecular complexity index is 101. The molecule has 0 aromatic rings. The number of hydrogen-bond donors (Lipinski definition) is 2. The van der Waals surface area contributed by atoms with E-state index in [2.05, 4.69) is 5.32 Å². The summed E-state index contributed by atoms with van der Waals surface area (Å²) in [7, 11) is 1.66. The Morgan fingerprint density at radius 3 is 2.50 bits per heavy atom. The minimum atomic E-state index is -0.130. The minimum absolute atomic E-state index is 0.130. The average Bonchev–Trinajstić information content (AvgIpc) is 2.58. The predicted octanol–water partition coefficient (Wildman–Crippen LogP) is 0.773. The Morgan fingerprint density at radius 2 is 2.17 bits per heavy atom. The van der Waals surface area contributed by atoms with Crippen molar-refractivity contribution >= 4 is 0 Å². The van der Waals surface area contributed by atoms with E-state index in [1.54, 1.807) is 7.11 Å². The van der Waals surface area contributed by atoms with Crippen LogP contribution in [0.25, 0.3) is 0 Å². The second-order valence-electron chi connectivity index (χ2n) is 2.90. The van der Waals surface area contributed by atoms with Crippen LogP contribution in [-0.2, 0) is 4.74 Å². The highest BCUT2D eigenvalue weighted by Gasteiger charge is 2.32. The maximum atomic E-state index is 9.01. The molecule has 3 nitrogen and oxygen atoms in total. The Balaban J connectivity index is 0.000000561. The lowest BCUT2D eigenvalue weighted by molar-refractivity contribution is 0.0745. The topological polar surface area (TPSA) is 41.5 Å². The fourth-order valence-corrected chi connectivity index (χ4v) is 1.45. The highest BCUT2D eigenvalue weighted by Crippen LogP contribution is 2.18.